The minimum Gasteiger partial charge on any atom is -0.398 e. The van der Waals surface area contributed by atoms with E-state index in [0.29, 0.717) is 10.5 Å². The third-order valence-corrected chi connectivity index (χ3v) is 3.18. The average Bonchev–Trinajstić information content (AvgIpc) is 2.44. The van der Waals surface area contributed by atoms with E-state index in [4.69, 9.17) is 11.0 Å². The molecule has 0 unspecified atom stereocenters. The molecule has 0 saturated carbocycles. The Balaban J connectivity index is 2.35. The molecule has 2 rings (SSSR count). The molecule has 0 radical (unpaired) electrons. The van der Waals surface area contributed by atoms with Crippen LogP contribution in [0, 0.1) is 23.0 Å². The average molecular weight is 352 g/mol. The quantitative estimate of drug-likeness (QED) is 0.813. The molecule has 0 aromatic heterocycles. The number of halogens is 3. The van der Waals surface area contributed by atoms with Gasteiger partial charge in [0, 0.05) is 16.2 Å². The van der Waals surface area contributed by atoms with Crippen LogP contribution >= 0.6 is 15.9 Å². The predicted molar refractivity (Wildman–Crippen MR) is 77.6 cm³/mol. The lowest BCUT2D eigenvalue weighted by Crippen LogP contribution is -2.15. The number of carbonyl (C=O) groups is 1. The fourth-order valence-corrected chi connectivity index (χ4v) is 2.03. The number of benzene rings is 2. The maximum absolute atomic E-state index is 13.2. The molecular weight excluding hydrogens is 344 g/mol. The number of amides is 1. The third kappa shape index (κ3) is 3.17. The van der Waals surface area contributed by atoms with Gasteiger partial charge in [-0.15, -0.1) is 0 Å². The van der Waals surface area contributed by atoms with E-state index in [1.807, 2.05) is 6.07 Å². The minimum absolute atomic E-state index is 0.193. The first-order valence-corrected chi connectivity index (χ1v) is 6.47. The molecule has 106 valence electrons. The molecule has 0 bridgehead atoms. The fourth-order valence-electron chi connectivity index (χ4n) is 1.67. The van der Waals surface area contributed by atoms with E-state index in [2.05, 4.69) is 21.2 Å². The zero-order valence-corrected chi connectivity index (χ0v) is 12.0. The Morgan fingerprint density at radius 1 is 1.24 bits per heavy atom. The summed E-state index contributed by atoms with van der Waals surface area (Å²) in [5.74, 6) is -3.04. The van der Waals surface area contributed by atoms with Gasteiger partial charge in [-0.3, -0.25) is 4.79 Å². The molecule has 0 aliphatic rings. The Morgan fingerprint density at radius 3 is 2.57 bits per heavy atom. The Labute approximate surface area is 127 Å². The summed E-state index contributed by atoms with van der Waals surface area (Å²) in [4.78, 5) is 12.1. The van der Waals surface area contributed by atoms with Crippen molar-refractivity contribution in [3.63, 3.8) is 0 Å². The first kappa shape index (κ1) is 14.9. The van der Waals surface area contributed by atoms with E-state index in [-0.39, 0.29) is 22.5 Å². The van der Waals surface area contributed by atoms with Gasteiger partial charge in [0.2, 0.25) is 0 Å². The van der Waals surface area contributed by atoms with Crippen LogP contribution in [0.3, 0.4) is 0 Å². The van der Waals surface area contributed by atoms with Gasteiger partial charge in [-0.1, -0.05) is 15.9 Å². The molecule has 2 aromatic carbocycles. The molecule has 7 heteroatoms. The van der Waals surface area contributed by atoms with Crippen LogP contribution in [0.4, 0.5) is 20.2 Å². The van der Waals surface area contributed by atoms with E-state index >= 15 is 0 Å². The van der Waals surface area contributed by atoms with Gasteiger partial charge >= 0.3 is 0 Å². The highest BCUT2D eigenvalue weighted by atomic mass is 79.9. The molecule has 0 aliphatic heterocycles. The lowest BCUT2D eigenvalue weighted by atomic mass is 10.1. The summed E-state index contributed by atoms with van der Waals surface area (Å²) in [7, 11) is 0. The topological polar surface area (TPSA) is 78.9 Å². The number of nitrogens with two attached hydrogens (primary N) is 1. The van der Waals surface area contributed by atoms with Gasteiger partial charge in [0.1, 0.15) is 6.07 Å². The molecular formula is C14H8BrF2N3O. The smallest absolute Gasteiger partial charge is 0.257 e. The second kappa shape index (κ2) is 5.89. The number of carbonyl (C=O) groups excluding carboxylic acids is 1. The first-order chi connectivity index (χ1) is 9.92. The van der Waals surface area contributed by atoms with Crippen molar-refractivity contribution < 1.29 is 13.6 Å². The van der Waals surface area contributed by atoms with Crippen molar-refractivity contribution >= 4 is 33.2 Å². The summed E-state index contributed by atoms with van der Waals surface area (Å²) >= 11 is 3.20. The molecule has 21 heavy (non-hydrogen) atoms. The summed E-state index contributed by atoms with van der Waals surface area (Å²) in [6, 6.07) is 8.02. The van der Waals surface area contributed by atoms with Crippen LogP contribution in [0.25, 0.3) is 0 Å². The van der Waals surface area contributed by atoms with Crippen molar-refractivity contribution in [2.24, 2.45) is 0 Å². The maximum atomic E-state index is 13.2. The first-order valence-electron chi connectivity index (χ1n) is 5.68. The Morgan fingerprint density at radius 2 is 1.90 bits per heavy atom. The van der Waals surface area contributed by atoms with E-state index < -0.39 is 17.5 Å². The minimum atomic E-state index is -1.18. The summed E-state index contributed by atoms with van der Waals surface area (Å²) in [6.07, 6.45) is 0. The highest BCUT2D eigenvalue weighted by Crippen LogP contribution is 2.23. The zero-order chi connectivity index (χ0) is 15.6. The molecule has 0 atom stereocenters. The van der Waals surface area contributed by atoms with Crippen molar-refractivity contribution in [2.75, 3.05) is 11.1 Å². The van der Waals surface area contributed by atoms with Gasteiger partial charge in [0.15, 0.2) is 11.6 Å². The summed E-state index contributed by atoms with van der Waals surface area (Å²) in [5.41, 5.74) is 5.57. The van der Waals surface area contributed by atoms with Gasteiger partial charge in [-0.2, -0.15) is 5.26 Å². The second-order valence-corrected chi connectivity index (χ2v) is 5.03. The third-order valence-electron chi connectivity index (χ3n) is 2.69. The maximum Gasteiger partial charge on any atom is 0.257 e. The number of hydrogen-bond acceptors (Lipinski definition) is 3. The second-order valence-electron chi connectivity index (χ2n) is 4.11. The number of hydrogen-bond donors (Lipinski definition) is 2. The van der Waals surface area contributed by atoms with Crippen LogP contribution in [0.15, 0.2) is 34.8 Å². The SMILES string of the molecule is N#Cc1cc(Br)ccc1NC(=O)c1cc(F)c(F)cc1N. The highest BCUT2D eigenvalue weighted by molar-refractivity contribution is 9.10. The molecule has 2 aromatic rings. The zero-order valence-electron chi connectivity index (χ0n) is 10.5. The number of nitriles is 1. The largest absolute Gasteiger partial charge is 0.398 e. The van der Waals surface area contributed by atoms with Crippen LogP contribution in [-0.4, -0.2) is 5.91 Å². The number of nitrogens with zero attached hydrogens (tertiary/aromatic N) is 1. The molecule has 0 saturated heterocycles. The van der Waals surface area contributed by atoms with Gasteiger partial charge in [-0.05, 0) is 24.3 Å². The van der Waals surface area contributed by atoms with E-state index in [0.717, 1.165) is 6.07 Å². The molecule has 0 heterocycles. The van der Waals surface area contributed by atoms with Crippen molar-refractivity contribution in [3.8, 4) is 6.07 Å². The summed E-state index contributed by atoms with van der Waals surface area (Å²) < 4.78 is 26.8. The van der Waals surface area contributed by atoms with Gasteiger partial charge in [0.25, 0.3) is 5.91 Å². The van der Waals surface area contributed by atoms with E-state index in [9.17, 15) is 13.6 Å². The van der Waals surface area contributed by atoms with Crippen molar-refractivity contribution in [3.05, 3.63) is 57.6 Å². The lowest BCUT2D eigenvalue weighted by molar-refractivity contribution is 0.102. The van der Waals surface area contributed by atoms with Crippen molar-refractivity contribution in [1.29, 1.82) is 5.26 Å². The molecule has 3 N–H and O–H groups in total. The molecule has 0 aliphatic carbocycles. The van der Waals surface area contributed by atoms with E-state index in [1.54, 1.807) is 6.07 Å². The Bertz CT molecular complexity index is 772. The van der Waals surface area contributed by atoms with Gasteiger partial charge < -0.3 is 11.1 Å². The van der Waals surface area contributed by atoms with Crippen LogP contribution in [0.2, 0.25) is 0 Å². The monoisotopic (exact) mass is 351 g/mol. The number of anilines is 2. The summed E-state index contributed by atoms with van der Waals surface area (Å²) in [6.45, 7) is 0. The lowest BCUT2D eigenvalue weighted by Gasteiger charge is -2.09. The molecule has 4 nitrogen and oxygen atoms in total. The summed E-state index contributed by atoms with van der Waals surface area (Å²) in [5, 5.41) is 11.4. The van der Waals surface area contributed by atoms with Crippen LogP contribution < -0.4 is 11.1 Å². The fraction of sp³-hybridized carbons (Fsp3) is 0. The Kier molecular flexibility index (Phi) is 4.19. The number of rotatable bonds is 2. The van der Waals surface area contributed by atoms with Gasteiger partial charge in [0.05, 0.1) is 16.8 Å². The Hall–Kier alpha value is -2.46. The highest BCUT2D eigenvalue weighted by Gasteiger charge is 2.15. The normalized spacial score (nSPS) is 10.0. The van der Waals surface area contributed by atoms with Gasteiger partial charge in [-0.25, -0.2) is 8.78 Å². The number of nitrogens with one attached hydrogen (secondary N) is 1. The van der Waals surface area contributed by atoms with Crippen molar-refractivity contribution in [1.82, 2.24) is 0 Å². The molecule has 0 spiro atoms. The van der Waals surface area contributed by atoms with Crippen LogP contribution in [0.5, 0.6) is 0 Å². The number of nitrogen functional groups attached to an aromatic ring is 1. The molecule has 1 amide bonds. The van der Waals surface area contributed by atoms with Crippen LogP contribution in [0.1, 0.15) is 15.9 Å². The van der Waals surface area contributed by atoms with Crippen molar-refractivity contribution in [2.45, 2.75) is 0 Å². The predicted octanol–water partition coefficient (Wildman–Crippen LogP) is 3.43. The molecule has 0 fully saturated rings. The van der Waals surface area contributed by atoms with E-state index in [1.165, 1.54) is 12.1 Å². The van der Waals surface area contributed by atoms with Crippen LogP contribution in [-0.2, 0) is 0 Å². The standard InChI is InChI=1S/C14H8BrF2N3O/c15-8-1-2-13(7(3-8)6-18)20-14(21)9-4-10(16)11(17)5-12(9)19/h1-5H,19H2,(H,20,21).